The zero-order valence-electron chi connectivity index (χ0n) is 19.9. The van der Waals surface area contributed by atoms with Crippen molar-refractivity contribution in [2.24, 2.45) is 0 Å². The number of carbonyl (C=O) groups is 1. The Hall–Kier alpha value is -2.91. The lowest BCUT2D eigenvalue weighted by Gasteiger charge is -2.17. The van der Waals surface area contributed by atoms with Gasteiger partial charge in [0.1, 0.15) is 10.8 Å². The molecule has 0 saturated carbocycles. The molecule has 0 fully saturated rings. The van der Waals surface area contributed by atoms with Crippen molar-refractivity contribution in [2.45, 2.75) is 45.9 Å². The van der Waals surface area contributed by atoms with Gasteiger partial charge in [0, 0.05) is 36.1 Å². The molecule has 0 N–H and O–H groups in total. The molecule has 9 heteroatoms. The summed E-state index contributed by atoms with van der Waals surface area (Å²) in [5, 5.41) is 0.666. The summed E-state index contributed by atoms with van der Waals surface area (Å²) in [7, 11) is 0. The molecule has 0 saturated heterocycles. The standard InChI is InChI=1S/C26H28F3NO4S/c1-4-32-23(25(31)33-5-2)15-19-8-11-21(14-17(19)3)34-13-12-22-16-30-24(35-22)18-6-9-20(10-7-18)26(27,28)29/h6-11,14,16,23H,4-5,12-13,15H2,1-3H3. The maximum atomic E-state index is 12.7. The normalized spacial score (nSPS) is 12.4. The second-order valence-corrected chi connectivity index (χ2v) is 8.91. The molecule has 0 aliphatic rings. The molecule has 0 amide bonds. The van der Waals surface area contributed by atoms with Gasteiger partial charge in [0.25, 0.3) is 0 Å². The van der Waals surface area contributed by atoms with Gasteiger partial charge in [0.05, 0.1) is 18.8 Å². The molecule has 5 nitrogen and oxygen atoms in total. The third-order valence-corrected chi connectivity index (χ3v) is 6.37. The van der Waals surface area contributed by atoms with E-state index in [1.807, 2.05) is 32.0 Å². The number of carbonyl (C=O) groups excluding carboxylic acids is 1. The first-order valence-electron chi connectivity index (χ1n) is 11.3. The van der Waals surface area contributed by atoms with Crippen molar-refractivity contribution in [3.8, 4) is 16.3 Å². The number of aryl methyl sites for hydroxylation is 1. The minimum Gasteiger partial charge on any atom is -0.493 e. The van der Waals surface area contributed by atoms with Crippen LogP contribution in [0.5, 0.6) is 5.75 Å². The average Bonchev–Trinajstić information content (AvgIpc) is 3.29. The van der Waals surface area contributed by atoms with Crippen LogP contribution in [0.1, 0.15) is 35.4 Å². The van der Waals surface area contributed by atoms with Gasteiger partial charge in [-0.25, -0.2) is 9.78 Å². The summed E-state index contributed by atoms with van der Waals surface area (Å²) in [5.41, 5.74) is 1.93. The number of hydrogen-bond donors (Lipinski definition) is 0. The lowest BCUT2D eigenvalue weighted by molar-refractivity contribution is -0.156. The highest BCUT2D eigenvalue weighted by atomic mass is 32.1. The molecule has 1 heterocycles. The fourth-order valence-corrected chi connectivity index (χ4v) is 4.36. The van der Waals surface area contributed by atoms with Crippen LogP contribution in [-0.4, -0.2) is 36.9 Å². The zero-order chi connectivity index (χ0) is 25.4. The molecule has 0 spiro atoms. The Morgan fingerprint density at radius 2 is 1.83 bits per heavy atom. The Labute approximate surface area is 206 Å². The molecule has 35 heavy (non-hydrogen) atoms. The van der Waals surface area contributed by atoms with Crippen LogP contribution in [0.4, 0.5) is 13.2 Å². The van der Waals surface area contributed by atoms with Gasteiger partial charge < -0.3 is 14.2 Å². The number of alkyl halides is 3. The third kappa shape index (κ3) is 7.53. The van der Waals surface area contributed by atoms with E-state index < -0.39 is 17.8 Å². The number of hydrogen-bond acceptors (Lipinski definition) is 6. The Morgan fingerprint density at radius 3 is 2.46 bits per heavy atom. The molecule has 2 aromatic carbocycles. The summed E-state index contributed by atoms with van der Waals surface area (Å²) < 4.78 is 54.8. The second kappa shape index (κ2) is 12.2. The predicted octanol–water partition coefficient (Wildman–Crippen LogP) is 6.27. The molecule has 188 valence electrons. The highest BCUT2D eigenvalue weighted by Gasteiger charge is 2.30. The van der Waals surface area contributed by atoms with Gasteiger partial charge in [-0.15, -0.1) is 11.3 Å². The maximum Gasteiger partial charge on any atom is 0.416 e. The Kier molecular flexibility index (Phi) is 9.28. The zero-order valence-corrected chi connectivity index (χ0v) is 20.7. The van der Waals surface area contributed by atoms with Crippen LogP contribution in [0, 0.1) is 6.92 Å². The molecule has 1 atom stereocenters. The first-order valence-corrected chi connectivity index (χ1v) is 12.2. The molecule has 0 radical (unpaired) electrons. The lowest BCUT2D eigenvalue weighted by atomic mass is 10.0. The summed E-state index contributed by atoms with van der Waals surface area (Å²) in [6.45, 7) is 6.71. The topological polar surface area (TPSA) is 57.7 Å². The van der Waals surface area contributed by atoms with Gasteiger partial charge in [-0.3, -0.25) is 0 Å². The van der Waals surface area contributed by atoms with Crippen molar-refractivity contribution in [3.05, 3.63) is 70.2 Å². The van der Waals surface area contributed by atoms with Crippen molar-refractivity contribution < 1.29 is 32.2 Å². The fraction of sp³-hybridized carbons (Fsp3) is 0.385. The molecular weight excluding hydrogens is 479 g/mol. The molecule has 0 aliphatic heterocycles. The van der Waals surface area contributed by atoms with E-state index in [0.29, 0.717) is 49.0 Å². The van der Waals surface area contributed by atoms with Crippen molar-refractivity contribution in [2.75, 3.05) is 19.8 Å². The van der Waals surface area contributed by atoms with E-state index in [2.05, 4.69) is 4.98 Å². The van der Waals surface area contributed by atoms with Gasteiger partial charge in [-0.05, 0) is 56.2 Å². The highest BCUT2D eigenvalue weighted by molar-refractivity contribution is 7.15. The molecule has 0 bridgehead atoms. The molecule has 3 aromatic rings. The minimum atomic E-state index is -4.35. The highest BCUT2D eigenvalue weighted by Crippen LogP contribution is 2.32. The fourth-order valence-electron chi connectivity index (χ4n) is 3.46. The summed E-state index contributed by atoms with van der Waals surface area (Å²) in [6.07, 6.45) is -2.23. The third-order valence-electron chi connectivity index (χ3n) is 5.27. The van der Waals surface area contributed by atoms with Gasteiger partial charge in [-0.1, -0.05) is 18.2 Å². The van der Waals surface area contributed by atoms with Crippen LogP contribution in [0.15, 0.2) is 48.7 Å². The predicted molar refractivity (Wildman–Crippen MR) is 129 cm³/mol. The number of aromatic nitrogens is 1. The quantitative estimate of drug-likeness (QED) is 0.286. The smallest absolute Gasteiger partial charge is 0.416 e. The van der Waals surface area contributed by atoms with E-state index in [1.54, 1.807) is 13.1 Å². The molecular formula is C26H28F3NO4S. The average molecular weight is 508 g/mol. The first-order chi connectivity index (χ1) is 16.7. The van der Waals surface area contributed by atoms with Crippen molar-refractivity contribution in [1.82, 2.24) is 4.98 Å². The number of nitrogens with zero attached hydrogens (tertiary/aromatic N) is 1. The van der Waals surface area contributed by atoms with E-state index >= 15 is 0 Å². The van der Waals surface area contributed by atoms with Gasteiger partial charge >= 0.3 is 12.1 Å². The SMILES string of the molecule is CCOC(=O)C(Cc1ccc(OCCc2cnc(-c3ccc(C(F)(F)F)cc3)s2)cc1C)OCC. The van der Waals surface area contributed by atoms with E-state index in [4.69, 9.17) is 14.2 Å². The van der Waals surface area contributed by atoms with Crippen LogP contribution < -0.4 is 4.74 Å². The van der Waals surface area contributed by atoms with E-state index in [-0.39, 0.29) is 5.97 Å². The molecule has 3 rings (SSSR count). The van der Waals surface area contributed by atoms with Gasteiger partial charge in [0.2, 0.25) is 0 Å². The summed E-state index contributed by atoms with van der Waals surface area (Å²) >= 11 is 1.43. The summed E-state index contributed by atoms with van der Waals surface area (Å²) in [6, 6.07) is 10.7. The van der Waals surface area contributed by atoms with Crippen molar-refractivity contribution in [1.29, 1.82) is 0 Å². The number of esters is 1. The lowest BCUT2D eigenvalue weighted by Crippen LogP contribution is -2.29. The van der Waals surface area contributed by atoms with Crippen LogP contribution >= 0.6 is 11.3 Å². The van der Waals surface area contributed by atoms with Crippen LogP contribution in [-0.2, 0) is 33.3 Å². The molecule has 1 unspecified atom stereocenters. The maximum absolute atomic E-state index is 12.7. The van der Waals surface area contributed by atoms with E-state index in [1.165, 1.54) is 23.5 Å². The Morgan fingerprint density at radius 1 is 1.09 bits per heavy atom. The number of benzene rings is 2. The number of halogens is 3. The van der Waals surface area contributed by atoms with Crippen molar-refractivity contribution >= 4 is 17.3 Å². The summed E-state index contributed by atoms with van der Waals surface area (Å²) in [5.74, 6) is 0.345. The monoisotopic (exact) mass is 507 g/mol. The Balaban J connectivity index is 1.55. The van der Waals surface area contributed by atoms with Crippen LogP contribution in [0.2, 0.25) is 0 Å². The van der Waals surface area contributed by atoms with Gasteiger partial charge in [0.15, 0.2) is 6.10 Å². The minimum absolute atomic E-state index is 0.305. The van der Waals surface area contributed by atoms with E-state index in [9.17, 15) is 18.0 Å². The van der Waals surface area contributed by atoms with Crippen LogP contribution in [0.3, 0.4) is 0 Å². The molecule has 1 aromatic heterocycles. The van der Waals surface area contributed by atoms with Gasteiger partial charge in [-0.2, -0.15) is 13.2 Å². The molecule has 0 aliphatic carbocycles. The number of thiazole rings is 1. The largest absolute Gasteiger partial charge is 0.493 e. The van der Waals surface area contributed by atoms with Crippen molar-refractivity contribution in [3.63, 3.8) is 0 Å². The van der Waals surface area contributed by atoms with Crippen LogP contribution in [0.25, 0.3) is 10.6 Å². The second-order valence-electron chi connectivity index (χ2n) is 7.79. The number of rotatable bonds is 11. The Bertz CT molecular complexity index is 1110. The summed E-state index contributed by atoms with van der Waals surface area (Å²) in [4.78, 5) is 17.4. The van der Waals surface area contributed by atoms with E-state index in [0.717, 1.165) is 28.1 Å². The number of ether oxygens (including phenoxy) is 3. The first kappa shape index (κ1) is 26.7.